The topological polar surface area (TPSA) is 80.7 Å². The molecule has 1 aliphatic carbocycles. The van der Waals surface area contributed by atoms with Crippen molar-refractivity contribution in [2.24, 2.45) is 0 Å². The second kappa shape index (κ2) is 8.87. The summed E-state index contributed by atoms with van der Waals surface area (Å²) in [6.07, 6.45) is 3.32. The first kappa shape index (κ1) is 21.9. The van der Waals surface area contributed by atoms with E-state index in [9.17, 15) is 4.79 Å². The number of fused-ring (bicyclic) bond motifs is 2. The molecule has 6 rings (SSSR count). The maximum absolute atomic E-state index is 13.5. The fraction of sp³-hybridized carbons (Fsp3) is 0.423. The minimum Gasteiger partial charge on any atom is -0.370 e. The molecule has 1 aromatic heterocycles. The van der Waals surface area contributed by atoms with Crippen molar-refractivity contribution in [3.8, 4) is 5.69 Å². The van der Waals surface area contributed by atoms with E-state index in [1.807, 2.05) is 30.0 Å². The molecular formula is C26H27N7O2. The van der Waals surface area contributed by atoms with Crippen molar-refractivity contribution in [3.63, 3.8) is 0 Å². The number of benzene rings is 2. The number of nitrogens with zero attached hydrogens (tertiary/aromatic N) is 7. The molecule has 2 aromatic carbocycles. The van der Waals surface area contributed by atoms with Gasteiger partial charge in [0, 0.05) is 26.2 Å². The number of hydrogen-bond acceptors (Lipinski definition) is 6. The van der Waals surface area contributed by atoms with Crippen LogP contribution in [0.3, 0.4) is 0 Å². The molecule has 1 unspecified atom stereocenters. The summed E-state index contributed by atoms with van der Waals surface area (Å²) in [7, 11) is 0. The van der Waals surface area contributed by atoms with Crippen molar-refractivity contribution in [2.45, 2.75) is 37.8 Å². The molecule has 9 heteroatoms. The van der Waals surface area contributed by atoms with Crippen LogP contribution in [0.1, 0.15) is 40.7 Å². The lowest BCUT2D eigenvalue weighted by molar-refractivity contribution is -0.141. The monoisotopic (exact) mass is 469 g/mol. The number of hydrogen-bond donors (Lipinski definition) is 0. The fourth-order valence-electron chi connectivity index (χ4n) is 5.69. The SMILES string of the molecule is [C-]#[N+]c1ccc([C@@H]2CN3CCN(C(=O)C4CCc5cc(-n6cnnn6)ccc54)C[C@@H]3CO2)cc1C. The van der Waals surface area contributed by atoms with Crippen molar-refractivity contribution < 1.29 is 9.53 Å². The zero-order chi connectivity index (χ0) is 23.9. The smallest absolute Gasteiger partial charge is 0.230 e. The lowest BCUT2D eigenvalue weighted by Crippen LogP contribution is -2.60. The predicted octanol–water partition coefficient (Wildman–Crippen LogP) is 2.84. The standard InChI is InChI=1S/C26H27N7O2/c1-17-11-19(4-8-24(17)27-2)25-14-31-9-10-32(13-21(31)15-35-25)26(34)23-6-3-18-12-20(5-7-22(18)23)33-16-28-29-30-33/h4-5,7-8,11-12,16,21,23,25H,3,6,9-10,13-15H2,1H3/t21-,23?,25+/m1/s1. The number of piperazine rings is 1. The lowest BCUT2D eigenvalue weighted by atomic mass is 9.97. The van der Waals surface area contributed by atoms with Gasteiger partial charge in [-0.25, -0.2) is 9.53 Å². The Labute approximate surface area is 204 Å². The highest BCUT2D eigenvalue weighted by Gasteiger charge is 2.39. The number of tetrazole rings is 1. The molecule has 35 heavy (non-hydrogen) atoms. The van der Waals surface area contributed by atoms with Gasteiger partial charge < -0.3 is 9.64 Å². The van der Waals surface area contributed by atoms with Gasteiger partial charge in [0.05, 0.1) is 36.9 Å². The van der Waals surface area contributed by atoms with E-state index in [2.05, 4.69) is 43.5 Å². The Hall–Kier alpha value is -3.61. The van der Waals surface area contributed by atoms with Crippen molar-refractivity contribution in [1.82, 2.24) is 30.0 Å². The predicted molar refractivity (Wildman–Crippen MR) is 128 cm³/mol. The van der Waals surface area contributed by atoms with Crippen LogP contribution in [0.5, 0.6) is 0 Å². The van der Waals surface area contributed by atoms with E-state index >= 15 is 0 Å². The van der Waals surface area contributed by atoms with Crippen LogP contribution in [0.25, 0.3) is 10.5 Å². The quantitative estimate of drug-likeness (QED) is 0.549. The summed E-state index contributed by atoms with van der Waals surface area (Å²) in [5.41, 5.74) is 6.06. The van der Waals surface area contributed by atoms with Crippen molar-refractivity contribution in [2.75, 3.05) is 32.8 Å². The third-order valence-corrected chi connectivity index (χ3v) is 7.64. The summed E-state index contributed by atoms with van der Waals surface area (Å²) in [6, 6.07) is 12.3. The molecule has 9 nitrogen and oxygen atoms in total. The normalized spacial score (nSPS) is 24.0. The number of morpholine rings is 1. The number of carbonyl (C=O) groups is 1. The van der Waals surface area contributed by atoms with Gasteiger partial charge in [-0.15, -0.1) is 5.10 Å². The van der Waals surface area contributed by atoms with E-state index in [1.165, 1.54) is 5.56 Å². The molecule has 0 radical (unpaired) electrons. The average molecular weight is 470 g/mol. The zero-order valence-electron chi connectivity index (χ0n) is 19.7. The third-order valence-electron chi connectivity index (χ3n) is 7.64. The van der Waals surface area contributed by atoms with Gasteiger partial charge in [-0.2, -0.15) is 0 Å². The van der Waals surface area contributed by atoms with E-state index in [4.69, 9.17) is 11.3 Å². The van der Waals surface area contributed by atoms with Gasteiger partial charge in [0.1, 0.15) is 6.33 Å². The van der Waals surface area contributed by atoms with Crippen molar-refractivity contribution in [3.05, 3.63) is 76.4 Å². The first-order valence-electron chi connectivity index (χ1n) is 12.1. The Kier molecular flexibility index (Phi) is 5.55. The van der Waals surface area contributed by atoms with E-state index in [-0.39, 0.29) is 24.0 Å². The van der Waals surface area contributed by atoms with E-state index in [1.54, 1.807) is 11.0 Å². The molecule has 0 N–H and O–H groups in total. The number of amides is 1. The maximum atomic E-state index is 13.5. The Bertz CT molecular complexity index is 1300. The van der Waals surface area contributed by atoms with Crippen molar-refractivity contribution >= 4 is 11.6 Å². The number of carbonyl (C=O) groups excluding carboxylic acids is 1. The van der Waals surface area contributed by atoms with Crippen LogP contribution in [0.4, 0.5) is 5.69 Å². The molecule has 3 heterocycles. The minimum absolute atomic E-state index is 0.00285. The van der Waals surface area contributed by atoms with Crippen LogP contribution >= 0.6 is 0 Å². The Morgan fingerprint density at radius 2 is 2.09 bits per heavy atom. The molecule has 2 saturated heterocycles. The molecular weight excluding hydrogens is 442 g/mol. The second-order valence-corrected chi connectivity index (χ2v) is 9.64. The van der Waals surface area contributed by atoms with Crippen LogP contribution in [0.15, 0.2) is 42.7 Å². The van der Waals surface area contributed by atoms with Gasteiger partial charge in [0.15, 0.2) is 5.69 Å². The van der Waals surface area contributed by atoms with Gasteiger partial charge in [-0.3, -0.25) is 9.69 Å². The third kappa shape index (κ3) is 3.99. The molecule has 2 aliphatic heterocycles. The molecule has 3 atom stereocenters. The first-order chi connectivity index (χ1) is 17.1. The van der Waals surface area contributed by atoms with Gasteiger partial charge >= 0.3 is 0 Å². The summed E-state index contributed by atoms with van der Waals surface area (Å²) >= 11 is 0. The fourth-order valence-corrected chi connectivity index (χ4v) is 5.69. The summed E-state index contributed by atoms with van der Waals surface area (Å²) < 4.78 is 7.89. The average Bonchev–Trinajstić information content (AvgIpc) is 3.57. The van der Waals surface area contributed by atoms with Crippen molar-refractivity contribution in [1.29, 1.82) is 0 Å². The highest BCUT2D eigenvalue weighted by atomic mass is 16.5. The molecule has 178 valence electrons. The van der Waals surface area contributed by atoms with Crippen LogP contribution in [-0.2, 0) is 16.0 Å². The van der Waals surface area contributed by atoms with Crippen LogP contribution in [-0.4, -0.2) is 74.7 Å². The summed E-state index contributed by atoms with van der Waals surface area (Å²) in [4.78, 5) is 21.6. The highest BCUT2D eigenvalue weighted by molar-refractivity contribution is 5.85. The maximum Gasteiger partial charge on any atom is 0.230 e. The largest absolute Gasteiger partial charge is 0.370 e. The second-order valence-electron chi connectivity index (χ2n) is 9.64. The van der Waals surface area contributed by atoms with Gasteiger partial charge in [0.2, 0.25) is 5.91 Å². The molecule has 1 amide bonds. The van der Waals surface area contributed by atoms with Crippen LogP contribution in [0.2, 0.25) is 0 Å². The molecule has 0 saturated carbocycles. The van der Waals surface area contributed by atoms with Crippen LogP contribution in [0, 0.1) is 13.5 Å². The minimum atomic E-state index is -0.0827. The van der Waals surface area contributed by atoms with Gasteiger partial charge in [0.25, 0.3) is 0 Å². The van der Waals surface area contributed by atoms with E-state index < -0.39 is 0 Å². The molecule has 2 fully saturated rings. The Morgan fingerprint density at radius 1 is 1.17 bits per heavy atom. The summed E-state index contributed by atoms with van der Waals surface area (Å²) in [5, 5.41) is 11.4. The van der Waals surface area contributed by atoms with Crippen LogP contribution < -0.4 is 0 Å². The van der Waals surface area contributed by atoms with E-state index in [0.29, 0.717) is 18.8 Å². The summed E-state index contributed by atoms with van der Waals surface area (Å²) in [6.45, 7) is 13.0. The molecule has 3 aromatic rings. The number of rotatable bonds is 3. The molecule has 3 aliphatic rings. The highest BCUT2D eigenvalue weighted by Crippen LogP contribution is 2.37. The first-order valence-corrected chi connectivity index (χ1v) is 12.1. The number of aromatic nitrogens is 4. The zero-order valence-corrected chi connectivity index (χ0v) is 19.7. The number of aryl methyl sites for hydroxylation is 2. The van der Waals surface area contributed by atoms with Gasteiger partial charge in [-0.05, 0) is 64.6 Å². The Morgan fingerprint density at radius 3 is 2.89 bits per heavy atom. The lowest BCUT2D eigenvalue weighted by Gasteiger charge is -2.46. The number of ether oxygens (including phenoxy) is 1. The van der Waals surface area contributed by atoms with Gasteiger partial charge in [-0.1, -0.05) is 24.3 Å². The van der Waals surface area contributed by atoms with E-state index in [0.717, 1.165) is 54.9 Å². The molecule has 0 bridgehead atoms. The molecule has 0 spiro atoms. The summed E-state index contributed by atoms with van der Waals surface area (Å²) in [5.74, 6) is 0.145. The Balaban J connectivity index is 1.11.